The van der Waals surface area contributed by atoms with Crippen molar-refractivity contribution in [1.29, 1.82) is 0 Å². The van der Waals surface area contributed by atoms with Gasteiger partial charge in [-0.2, -0.15) is 0 Å². The van der Waals surface area contributed by atoms with Gasteiger partial charge in [-0.25, -0.2) is 0 Å². The Balaban J connectivity index is 2.89. The number of ether oxygens (including phenoxy) is 6. The second kappa shape index (κ2) is 16.4. The van der Waals surface area contributed by atoms with Crippen LogP contribution in [-0.4, -0.2) is 67.8 Å². The van der Waals surface area contributed by atoms with Crippen molar-refractivity contribution in [2.24, 2.45) is 0 Å². The summed E-state index contributed by atoms with van der Waals surface area (Å²) in [6.07, 6.45) is 3.27. The van der Waals surface area contributed by atoms with Gasteiger partial charge in [0.1, 0.15) is 12.7 Å². The molecule has 0 radical (unpaired) electrons. The van der Waals surface area contributed by atoms with Gasteiger partial charge in [0.2, 0.25) is 0 Å². The third kappa shape index (κ3) is 11.8. The number of esters is 4. The summed E-state index contributed by atoms with van der Waals surface area (Å²) in [7, 11) is 0. The number of rotatable bonds is 15. The Morgan fingerprint density at radius 3 is 1.68 bits per heavy atom. The van der Waals surface area contributed by atoms with Crippen LogP contribution in [0.15, 0.2) is 0 Å². The number of carbonyl (C=O) groups excluding carboxylic acids is 4. The summed E-state index contributed by atoms with van der Waals surface area (Å²) in [5, 5.41) is 0. The molecule has 0 aliphatic carbocycles. The largest absolute Gasteiger partial charge is 0.463 e. The normalized spacial score (nSPS) is 24.2. The molecule has 10 nitrogen and oxygen atoms in total. The van der Waals surface area contributed by atoms with E-state index in [9.17, 15) is 19.2 Å². The Morgan fingerprint density at radius 1 is 0.647 bits per heavy atom. The van der Waals surface area contributed by atoms with Crippen LogP contribution in [0.1, 0.15) is 86.0 Å². The third-order valence-electron chi connectivity index (χ3n) is 5.23. The summed E-state index contributed by atoms with van der Waals surface area (Å²) >= 11 is 0. The fraction of sp³-hybridized carbons (Fsp3) is 0.833. The molecule has 0 saturated carbocycles. The summed E-state index contributed by atoms with van der Waals surface area (Å²) in [6, 6.07) is 0. The highest BCUT2D eigenvalue weighted by molar-refractivity contribution is 5.68. The predicted octanol–water partition coefficient (Wildman–Crippen LogP) is 3.23. The highest BCUT2D eigenvalue weighted by Gasteiger charge is 2.52. The maximum Gasteiger partial charge on any atom is 0.303 e. The lowest BCUT2D eigenvalue weighted by Gasteiger charge is -2.44. The smallest absolute Gasteiger partial charge is 0.303 e. The average molecular weight is 489 g/mol. The third-order valence-corrected chi connectivity index (χ3v) is 5.23. The van der Waals surface area contributed by atoms with Crippen LogP contribution in [0.2, 0.25) is 0 Å². The molecular weight excluding hydrogens is 448 g/mol. The summed E-state index contributed by atoms with van der Waals surface area (Å²) in [5.41, 5.74) is 0. The molecule has 1 saturated heterocycles. The van der Waals surface area contributed by atoms with Gasteiger partial charge < -0.3 is 28.4 Å². The lowest BCUT2D eigenvalue weighted by atomic mass is 9.98. The topological polar surface area (TPSA) is 124 Å². The van der Waals surface area contributed by atoms with E-state index in [4.69, 9.17) is 28.4 Å². The molecule has 0 N–H and O–H groups in total. The van der Waals surface area contributed by atoms with E-state index in [1.54, 1.807) is 0 Å². The van der Waals surface area contributed by atoms with Gasteiger partial charge in [0.15, 0.2) is 24.6 Å². The first-order valence-corrected chi connectivity index (χ1v) is 12.1. The van der Waals surface area contributed by atoms with Crippen molar-refractivity contribution >= 4 is 23.9 Å². The lowest BCUT2D eigenvalue weighted by molar-refractivity contribution is -0.308. The number of unbranched alkanes of at least 4 members (excludes halogenated alkanes) is 7. The minimum Gasteiger partial charge on any atom is -0.463 e. The average Bonchev–Trinajstić information content (AvgIpc) is 2.74. The van der Waals surface area contributed by atoms with Crippen molar-refractivity contribution < 1.29 is 47.6 Å². The molecule has 196 valence electrons. The second-order valence-corrected chi connectivity index (χ2v) is 8.41. The number of carbonyl (C=O) groups is 4. The molecule has 34 heavy (non-hydrogen) atoms. The first kappa shape index (κ1) is 29.8. The Kier molecular flexibility index (Phi) is 14.4. The molecule has 1 aliphatic rings. The van der Waals surface area contributed by atoms with E-state index < -0.39 is 54.6 Å². The zero-order valence-corrected chi connectivity index (χ0v) is 21.0. The lowest BCUT2D eigenvalue weighted by Crippen LogP contribution is -2.63. The molecule has 0 unspecified atom stereocenters. The monoisotopic (exact) mass is 488 g/mol. The quantitative estimate of drug-likeness (QED) is 0.193. The summed E-state index contributed by atoms with van der Waals surface area (Å²) in [6.45, 7) is 7.03. The summed E-state index contributed by atoms with van der Waals surface area (Å²) < 4.78 is 32.9. The van der Waals surface area contributed by atoms with E-state index in [0.29, 0.717) is 6.61 Å². The second-order valence-electron chi connectivity index (χ2n) is 8.41. The van der Waals surface area contributed by atoms with Gasteiger partial charge in [-0.1, -0.05) is 51.9 Å². The summed E-state index contributed by atoms with van der Waals surface area (Å²) in [5.74, 6) is -2.55. The number of hydrogen-bond acceptors (Lipinski definition) is 10. The predicted molar refractivity (Wildman–Crippen MR) is 121 cm³/mol. The first-order chi connectivity index (χ1) is 16.1. The molecular formula is C24H40O10. The van der Waals surface area contributed by atoms with Crippen LogP contribution < -0.4 is 0 Å². The summed E-state index contributed by atoms with van der Waals surface area (Å²) in [4.78, 5) is 46.7. The molecule has 0 bridgehead atoms. The number of hydrogen-bond donors (Lipinski definition) is 0. The fourth-order valence-electron chi connectivity index (χ4n) is 3.76. The van der Waals surface area contributed by atoms with E-state index >= 15 is 0 Å². The van der Waals surface area contributed by atoms with Crippen LogP contribution >= 0.6 is 0 Å². The van der Waals surface area contributed by atoms with Crippen LogP contribution in [0.5, 0.6) is 0 Å². The molecule has 10 heteroatoms. The molecule has 0 spiro atoms. The zero-order valence-electron chi connectivity index (χ0n) is 21.0. The fourth-order valence-corrected chi connectivity index (χ4v) is 3.76. The SMILES string of the molecule is CCCCCCCCCCO[C@H]1O[C@H](COC(C)=O)[C@H](OC(C)=O)[C@H](OC(C)=O)[C@H]1OC(C)=O. The Labute approximate surface area is 201 Å². The molecule has 0 aromatic rings. The first-order valence-electron chi connectivity index (χ1n) is 12.1. The van der Waals surface area contributed by atoms with E-state index in [1.165, 1.54) is 59.8 Å². The Bertz CT molecular complexity index is 650. The Morgan fingerprint density at radius 2 is 1.15 bits per heavy atom. The van der Waals surface area contributed by atoms with Crippen LogP contribution in [0.4, 0.5) is 0 Å². The maximum absolute atomic E-state index is 11.8. The van der Waals surface area contributed by atoms with Crippen molar-refractivity contribution in [2.75, 3.05) is 13.2 Å². The van der Waals surface area contributed by atoms with Crippen LogP contribution in [0.25, 0.3) is 0 Å². The highest BCUT2D eigenvalue weighted by Crippen LogP contribution is 2.30. The van der Waals surface area contributed by atoms with Crippen molar-refractivity contribution in [3.05, 3.63) is 0 Å². The van der Waals surface area contributed by atoms with Crippen molar-refractivity contribution in [3.8, 4) is 0 Å². The van der Waals surface area contributed by atoms with Gasteiger partial charge in [0.05, 0.1) is 0 Å². The molecule has 1 rings (SSSR count). The minimum atomic E-state index is -1.21. The molecule has 1 aliphatic heterocycles. The molecule has 0 amide bonds. The minimum absolute atomic E-state index is 0.268. The molecule has 1 fully saturated rings. The van der Waals surface area contributed by atoms with E-state index in [2.05, 4.69) is 6.92 Å². The Hall–Kier alpha value is -2.20. The molecule has 0 aromatic carbocycles. The van der Waals surface area contributed by atoms with Crippen LogP contribution in [0.3, 0.4) is 0 Å². The van der Waals surface area contributed by atoms with Gasteiger partial charge in [-0.05, 0) is 6.42 Å². The van der Waals surface area contributed by atoms with Crippen LogP contribution in [0, 0.1) is 0 Å². The van der Waals surface area contributed by atoms with Crippen molar-refractivity contribution in [1.82, 2.24) is 0 Å². The van der Waals surface area contributed by atoms with Gasteiger partial charge >= 0.3 is 23.9 Å². The standard InChI is InChI=1S/C24H40O10/c1-6-7-8-9-10-11-12-13-14-29-24-23(33-19(5)28)22(32-18(4)27)21(31-17(3)26)20(34-24)15-30-16(2)25/h20-24H,6-15H2,1-5H3/t20-,21+,22+,23-,24+/m1/s1. The van der Waals surface area contributed by atoms with Crippen molar-refractivity contribution in [3.63, 3.8) is 0 Å². The van der Waals surface area contributed by atoms with E-state index in [-0.39, 0.29) is 6.61 Å². The van der Waals surface area contributed by atoms with Crippen LogP contribution in [-0.2, 0) is 47.6 Å². The maximum atomic E-state index is 11.8. The molecule has 1 heterocycles. The molecule has 5 atom stereocenters. The zero-order chi connectivity index (χ0) is 25.5. The van der Waals surface area contributed by atoms with Gasteiger partial charge in [0.25, 0.3) is 0 Å². The highest BCUT2D eigenvalue weighted by atomic mass is 16.7. The van der Waals surface area contributed by atoms with E-state index in [0.717, 1.165) is 19.3 Å². The molecule has 0 aromatic heterocycles. The van der Waals surface area contributed by atoms with Gasteiger partial charge in [-0.3, -0.25) is 19.2 Å². The van der Waals surface area contributed by atoms with E-state index in [1.807, 2.05) is 0 Å². The van der Waals surface area contributed by atoms with Gasteiger partial charge in [-0.15, -0.1) is 0 Å². The van der Waals surface area contributed by atoms with Gasteiger partial charge in [0, 0.05) is 34.3 Å². The van der Waals surface area contributed by atoms with Crippen molar-refractivity contribution in [2.45, 2.75) is 117 Å².